The van der Waals surface area contributed by atoms with E-state index in [1.54, 1.807) is 0 Å². The highest BCUT2D eigenvalue weighted by Gasteiger charge is 2.16. The monoisotopic (exact) mass is 500 g/mol. The van der Waals surface area contributed by atoms with Crippen LogP contribution in [0.2, 0.25) is 0 Å². The summed E-state index contributed by atoms with van der Waals surface area (Å²) in [5.74, 6) is 0.0626. The van der Waals surface area contributed by atoms with Gasteiger partial charge in [-0.3, -0.25) is 0 Å². The van der Waals surface area contributed by atoms with Gasteiger partial charge in [-0.1, -0.05) is 42.4 Å². The molecule has 4 N–H and O–H groups in total. The number of hydrogen-bond donors (Lipinski definition) is 3. The van der Waals surface area contributed by atoms with Crippen molar-refractivity contribution in [3.63, 3.8) is 0 Å². The molecule has 0 saturated carbocycles. The van der Waals surface area contributed by atoms with Crippen LogP contribution >= 0.6 is 0 Å². The van der Waals surface area contributed by atoms with E-state index in [1.807, 2.05) is 37.3 Å². The van der Waals surface area contributed by atoms with E-state index >= 15 is 0 Å². The number of nitrogens with one attached hydrogen (secondary N) is 1. The van der Waals surface area contributed by atoms with Crippen LogP contribution < -0.4 is 11.1 Å². The molecule has 2 aromatic heterocycles. The quantitative estimate of drug-likeness (QED) is 0.344. The maximum absolute atomic E-state index is 13.9. The lowest BCUT2D eigenvalue weighted by Gasteiger charge is -2.08. The van der Waals surface area contributed by atoms with E-state index in [9.17, 15) is 12.8 Å². The number of benzene rings is 2. The Morgan fingerprint density at radius 2 is 1.89 bits per heavy atom. The van der Waals surface area contributed by atoms with Crippen molar-refractivity contribution in [1.82, 2.24) is 20.1 Å². The number of nitrogens with two attached hydrogens (primary N) is 1. The van der Waals surface area contributed by atoms with E-state index in [-0.39, 0.29) is 34.8 Å². The summed E-state index contributed by atoms with van der Waals surface area (Å²) in [5.41, 5.74) is 7.74. The lowest BCUT2D eigenvalue weighted by atomic mass is 10.2. The molecule has 184 valence electrons. The number of hydrogen-bond acceptors (Lipinski definition) is 10. The molecule has 0 bridgehead atoms. The number of aryl methyl sites for hydroxylation is 1. The molecule has 4 aromatic rings. The summed E-state index contributed by atoms with van der Waals surface area (Å²) in [4.78, 5) is 11.9. The van der Waals surface area contributed by atoms with Gasteiger partial charge in [-0.25, -0.2) is 17.8 Å². The van der Waals surface area contributed by atoms with Gasteiger partial charge < -0.3 is 20.7 Å². The van der Waals surface area contributed by atoms with Crippen molar-refractivity contribution in [2.75, 3.05) is 23.9 Å². The van der Waals surface area contributed by atoms with E-state index in [4.69, 9.17) is 15.4 Å². The largest absolute Gasteiger partial charge is 0.396 e. The molecule has 35 heavy (non-hydrogen) atoms. The average molecular weight is 501 g/mol. The highest BCUT2D eigenvalue weighted by Crippen LogP contribution is 2.25. The van der Waals surface area contributed by atoms with Gasteiger partial charge in [-0.05, 0) is 30.2 Å². The Kier molecular flexibility index (Phi) is 8.44. The number of halogens is 1. The molecule has 2 heterocycles. The Balaban J connectivity index is 0.000000320. The molecule has 0 unspecified atom stereocenters. The minimum absolute atomic E-state index is 0.0991. The maximum Gasteiger partial charge on any atom is 0.263 e. The Hall–Kier alpha value is -3.90. The zero-order chi connectivity index (χ0) is 25.4. The van der Waals surface area contributed by atoms with Gasteiger partial charge in [-0.2, -0.15) is 9.97 Å². The van der Waals surface area contributed by atoms with Gasteiger partial charge in [0.25, 0.3) is 5.89 Å². The number of nitrogen functional groups attached to an aromatic ring is 1. The lowest BCUT2D eigenvalue weighted by Crippen LogP contribution is -2.04. The molecule has 2 aromatic carbocycles. The van der Waals surface area contributed by atoms with Crippen LogP contribution in [-0.2, 0) is 22.7 Å². The lowest BCUT2D eigenvalue weighted by molar-refractivity contribution is 0.299. The van der Waals surface area contributed by atoms with Crippen LogP contribution in [0.15, 0.2) is 64.1 Å². The summed E-state index contributed by atoms with van der Waals surface area (Å²) in [6.07, 6.45) is 3.71. The maximum atomic E-state index is 13.9. The standard InChI is InChI=1S/C15H15FN6O3S.C8H10O/c1-3-12-20-14(25-22-12)9-7-18-15(21-13(9)17)19-8-4-5-11(10(16)6-8)26(2,23)24;9-7-6-8-4-2-1-3-5-8/h4-7H,3H2,1-2H3,(H3,17,18,19,21);1-5,9H,6-7H2. The van der Waals surface area contributed by atoms with Crippen molar-refractivity contribution in [1.29, 1.82) is 0 Å². The molecule has 0 saturated heterocycles. The Morgan fingerprint density at radius 1 is 1.14 bits per heavy atom. The van der Waals surface area contributed by atoms with Gasteiger partial charge in [0.2, 0.25) is 5.95 Å². The molecule has 4 rings (SSSR count). The summed E-state index contributed by atoms with van der Waals surface area (Å²) in [6, 6.07) is 13.5. The van der Waals surface area contributed by atoms with Crippen LogP contribution in [0, 0.1) is 5.82 Å². The predicted molar refractivity (Wildman–Crippen MR) is 129 cm³/mol. The number of rotatable bonds is 7. The number of aliphatic hydroxyl groups excluding tert-OH is 1. The van der Waals surface area contributed by atoms with Crippen molar-refractivity contribution < 1.29 is 22.4 Å². The average Bonchev–Trinajstić information content (AvgIpc) is 3.29. The van der Waals surface area contributed by atoms with E-state index in [0.29, 0.717) is 17.8 Å². The first-order chi connectivity index (χ1) is 16.7. The summed E-state index contributed by atoms with van der Waals surface area (Å²) >= 11 is 0. The number of aliphatic hydroxyl groups is 1. The second-order valence-corrected chi connectivity index (χ2v) is 9.35. The minimum Gasteiger partial charge on any atom is -0.396 e. The molecular weight excluding hydrogens is 475 g/mol. The highest BCUT2D eigenvalue weighted by atomic mass is 32.2. The van der Waals surface area contributed by atoms with Crippen LogP contribution in [0.4, 0.5) is 21.8 Å². The number of nitrogens with zero attached hydrogens (tertiary/aromatic N) is 4. The molecular formula is C23H25FN6O4S. The summed E-state index contributed by atoms with van der Waals surface area (Å²) < 4.78 is 41.9. The summed E-state index contributed by atoms with van der Waals surface area (Å²) in [6.45, 7) is 2.12. The summed E-state index contributed by atoms with van der Waals surface area (Å²) in [5, 5.41) is 15.1. The first-order valence-electron chi connectivity index (χ1n) is 10.6. The fourth-order valence-electron chi connectivity index (χ4n) is 2.91. The summed E-state index contributed by atoms with van der Waals surface area (Å²) in [7, 11) is -3.64. The Bertz CT molecular complexity index is 1380. The molecule has 10 nitrogen and oxygen atoms in total. The van der Waals surface area contributed by atoms with Gasteiger partial charge in [-0.15, -0.1) is 0 Å². The van der Waals surface area contributed by atoms with Crippen molar-refractivity contribution in [2.45, 2.75) is 24.7 Å². The van der Waals surface area contributed by atoms with Crippen LogP contribution in [0.3, 0.4) is 0 Å². The smallest absolute Gasteiger partial charge is 0.263 e. The highest BCUT2D eigenvalue weighted by molar-refractivity contribution is 7.90. The third-order valence-electron chi connectivity index (χ3n) is 4.66. The zero-order valence-electron chi connectivity index (χ0n) is 19.1. The predicted octanol–water partition coefficient (Wildman–Crippen LogP) is 3.18. The van der Waals surface area contributed by atoms with Crippen LogP contribution in [0.25, 0.3) is 11.5 Å². The third-order valence-corrected chi connectivity index (χ3v) is 5.79. The zero-order valence-corrected chi connectivity index (χ0v) is 20.0. The minimum atomic E-state index is -3.64. The SMILES string of the molecule is CCc1noc(-c2cnc(Nc3ccc(S(C)(=O)=O)c(F)c3)nc2N)n1.OCCc1ccccc1. The number of aromatic nitrogens is 4. The van der Waals surface area contributed by atoms with Crippen molar-refractivity contribution in [2.24, 2.45) is 0 Å². The molecule has 0 aliphatic rings. The van der Waals surface area contributed by atoms with Crippen molar-refractivity contribution >= 4 is 27.3 Å². The number of anilines is 3. The van der Waals surface area contributed by atoms with E-state index in [1.165, 1.54) is 17.8 Å². The Morgan fingerprint density at radius 3 is 2.46 bits per heavy atom. The molecule has 0 radical (unpaired) electrons. The van der Waals surface area contributed by atoms with E-state index < -0.39 is 15.7 Å². The molecule has 0 atom stereocenters. The molecule has 12 heteroatoms. The van der Waals surface area contributed by atoms with Gasteiger partial charge >= 0.3 is 0 Å². The molecule has 0 fully saturated rings. The van der Waals surface area contributed by atoms with Gasteiger partial charge in [0.05, 0.1) is 0 Å². The van der Waals surface area contributed by atoms with Crippen molar-refractivity contribution in [3.8, 4) is 11.5 Å². The van der Waals surface area contributed by atoms with Gasteiger partial charge in [0.15, 0.2) is 15.7 Å². The van der Waals surface area contributed by atoms with Crippen LogP contribution in [0.5, 0.6) is 0 Å². The fourth-order valence-corrected chi connectivity index (χ4v) is 3.64. The topological polar surface area (TPSA) is 157 Å². The number of sulfone groups is 1. The molecule has 0 aliphatic heterocycles. The third kappa shape index (κ3) is 7.04. The van der Waals surface area contributed by atoms with Gasteiger partial charge in [0.1, 0.15) is 22.1 Å². The van der Waals surface area contributed by atoms with E-state index in [2.05, 4.69) is 25.4 Å². The van der Waals surface area contributed by atoms with Gasteiger partial charge in [0, 0.05) is 31.2 Å². The second kappa shape index (κ2) is 11.5. The van der Waals surface area contributed by atoms with E-state index in [0.717, 1.165) is 24.8 Å². The second-order valence-electron chi connectivity index (χ2n) is 7.36. The Labute approximate surface area is 202 Å². The first kappa shape index (κ1) is 25.7. The van der Waals surface area contributed by atoms with Crippen LogP contribution in [-0.4, -0.2) is 46.5 Å². The fraction of sp³-hybridized carbons (Fsp3) is 0.217. The molecule has 0 aliphatic carbocycles. The normalized spacial score (nSPS) is 11.0. The first-order valence-corrected chi connectivity index (χ1v) is 12.5. The van der Waals surface area contributed by atoms with Crippen LogP contribution in [0.1, 0.15) is 18.3 Å². The molecule has 0 spiro atoms. The van der Waals surface area contributed by atoms with Crippen molar-refractivity contribution in [3.05, 3.63) is 71.9 Å². The molecule has 0 amide bonds.